The van der Waals surface area contributed by atoms with E-state index >= 15 is 0 Å². The summed E-state index contributed by atoms with van der Waals surface area (Å²) in [6, 6.07) is 2.13. The summed E-state index contributed by atoms with van der Waals surface area (Å²) in [6.07, 6.45) is 3.66. The standard InChI is InChI=1S/C27H35N9O7/c28-17(5-7-22(29)37)24(39)35-21(10-15-12-31-13-33-15)26(41)36-20(9-14-11-32-18-4-2-1-3-16(14)18)25(40)34-19(27(42)43)6-8-23(30)38/h1-4,11-13,17,19-21,32H,5-10,28H2,(H2,29,37)(H2,30,38)(H,31,33)(H,34,40)(H,35,39)(H,36,41)(H,42,43). The fourth-order valence-electron chi connectivity index (χ4n) is 4.35. The van der Waals surface area contributed by atoms with Crippen molar-refractivity contribution >= 4 is 46.4 Å². The third kappa shape index (κ3) is 9.67. The minimum atomic E-state index is -1.45. The maximum atomic E-state index is 13.6. The van der Waals surface area contributed by atoms with Crippen molar-refractivity contribution in [3.05, 3.63) is 54.2 Å². The average molecular weight is 598 g/mol. The second kappa shape index (κ2) is 15.1. The molecule has 1 aromatic carbocycles. The number of primary amides is 2. The number of aromatic amines is 2. The van der Waals surface area contributed by atoms with Crippen LogP contribution in [0.15, 0.2) is 43.0 Å². The van der Waals surface area contributed by atoms with Crippen molar-refractivity contribution in [2.24, 2.45) is 17.2 Å². The highest BCUT2D eigenvalue weighted by atomic mass is 16.4. The van der Waals surface area contributed by atoms with Gasteiger partial charge in [0.15, 0.2) is 0 Å². The summed E-state index contributed by atoms with van der Waals surface area (Å²) < 4.78 is 0. The number of hydrogen-bond donors (Lipinski definition) is 9. The van der Waals surface area contributed by atoms with Gasteiger partial charge in [-0.05, 0) is 24.5 Å². The Balaban J connectivity index is 1.86. The summed E-state index contributed by atoms with van der Waals surface area (Å²) in [6.45, 7) is 0. The van der Waals surface area contributed by atoms with E-state index in [1.54, 1.807) is 12.3 Å². The number of carbonyl (C=O) groups is 6. The van der Waals surface area contributed by atoms with Crippen LogP contribution in [0.25, 0.3) is 10.9 Å². The number of imidazole rings is 1. The Kier molecular flexibility index (Phi) is 11.3. The molecule has 0 aliphatic carbocycles. The van der Waals surface area contributed by atoms with Gasteiger partial charge in [0, 0.05) is 54.7 Å². The molecule has 3 aromatic rings. The number of hydrogen-bond acceptors (Lipinski definition) is 8. The molecule has 5 amide bonds. The molecule has 0 bridgehead atoms. The van der Waals surface area contributed by atoms with Crippen molar-refractivity contribution in [2.45, 2.75) is 62.7 Å². The lowest BCUT2D eigenvalue weighted by molar-refractivity contribution is -0.142. The predicted molar refractivity (Wildman–Crippen MR) is 153 cm³/mol. The average Bonchev–Trinajstić information content (AvgIpc) is 3.62. The third-order valence-electron chi connectivity index (χ3n) is 6.68. The first kappa shape index (κ1) is 32.3. The number of aliphatic carboxylic acids is 1. The molecular weight excluding hydrogens is 562 g/mol. The van der Waals surface area contributed by atoms with Crippen LogP contribution in [0, 0.1) is 0 Å². The molecule has 3 rings (SSSR count). The number of amides is 5. The molecule has 0 aliphatic rings. The molecule has 230 valence electrons. The summed E-state index contributed by atoms with van der Waals surface area (Å²) in [4.78, 5) is 83.8. The smallest absolute Gasteiger partial charge is 0.326 e. The maximum Gasteiger partial charge on any atom is 0.326 e. The second-order valence-corrected chi connectivity index (χ2v) is 9.98. The van der Waals surface area contributed by atoms with E-state index < -0.39 is 59.7 Å². The van der Waals surface area contributed by atoms with Crippen molar-refractivity contribution < 1.29 is 33.9 Å². The van der Waals surface area contributed by atoms with Gasteiger partial charge in [0.2, 0.25) is 29.5 Å². The Morgan fingerprint density at radius 3 is 2.05 bits per heavy atom. The number of nitrogens with two attached hydrogens (primary N) is 3. The highest BCUT2D eigenvalue weighted by Crippen LogP contribution is 2.19. The number of nitrogens with one attached hydrogen (secondary N) is 5. The van der Waals surface area contributed by atoms with Crippen LogP contribution in [-0.4, -0.2) is 79.7 Å². The van der Waals surface area contributed by atoms with Crippen LogP contribution in [0.4, 0.5) is 0 Å². The Bertz CT molecular complexity index is 1450. The minimum Gasteiger partial charge on any atom is -0.480 e. The van der Waals surface area contributed by atoms with Crippen molar-refractivity contribution in [3.8, 4) is 0 Å². The predicted octanol–water partition coefficient (Wildman–Crippen LogP) is -1.93. The SMILES string of the molecule is NC(=O)CCC(N)C(=O)NC(Cc1cnc[nH]1)C(=O)NC(Cc1c[nH]c2ccccc12)C(=O)NC(CCC(N)=O)C(=O)O. The number of fused-ring (bicyclic) bond motifs is 1. The van der Waals surface area contributed by atoms with Crippen molar-refractivity contribution in [1.29, 1.82) is 0 Å². The lowest BCUT2D eigenvalue weighted by Crippen LogP contribution is -2.58. The summed E-state index contributed by atoms with van der Waals surface area (Å²) >= 11 is 0. The quantitative estimate of drug-likeness (QED) is 0.0836. The molecular formula is C27H35N9O7. The first-order valence-corrected chi connectivity index (χ1v) is 13.4. The monoisotopic (exact) mass is 597 g/mol. The Morgan fingerprint density at radius 1 is 0.814 bits per heavy atom. The normalized spacial score (nSPS) is 13.8. The number of rotatable bonds is 17. The molecule has 0 aliphatic heterocycles. The Hall–Kier alpha value is -5.25. The highest BCUT2D eigenvalue weighted by molar-refractivity contribution is 5.95. The number of nitrogens with zero attached hydrogens (tertiary/aromatic N) is 1. The number of carboxylic acids is 1. The van der Waals surface area contributed by atoms with Crippen LogP contribution >= 0.6 is 0 Å². The Labute approximate surface area is 245 Å². The van der Waals surface area contributed by atoms with Crippen molar-refractivity contribution in [1.82, 2.24) is 30.9 Å². The van der Waals surface area contributed by atoms with Gasteiger partial charge in [-0.3, -0.25) is 24.0 Å². The van der Waals surface area contributed by atoms with Crippen LogP contribution in [-0.2, 0) is 41.6 Å². The molecule has 0 saturated carbocycles. The van der Waals surface area contributed by atoms with E-state index in [1.165, 1.54) is 12.5 Å². The van der Waals surface area contributed by atoms with Crippen LogP contribution in [0.5, 0.6) is 0 Å². The van der Waals surface area contributed by atoms with Gasteiger partial charge >= 0.3 is 5.97 Å². The van der Waals surface area contributed by atoms with Gasteiger partial charge in [0.25, 0.3) is 0 Å². The van der Waals surface area contributed by atoms with Gasteiger partial charge in [0.05, 0.1) is 12.4 Å². The zero-order chi connectivity index (χ0) is 31.5. The molecule has 2 heterocycles. The molecule has 12 N–H and O–H groups in total. The van der Waals surface area contributed by atoms with E-state index in [4.69, 9.17) is 17.2 Å². The zero-order valence-corrected chi connectivity index (χ0v) is 23.2. The molecule has 0 fully saturated rings. The van der Waals surface area contributed by atoms with E-state index in [-0.39, 0.29) is 38.5 Å². The fraction of sp³-hybridized carbons (Fsp3) is 0.370. The van der Waals surface area contributed by atoms with E-state index in [0.29, 0.717) is 11.3 Å². The van der Waals surface area contributed by atoms with E-state index in [2.05, 4.69) is 30.9 Å². The summed E-state index contributed by atoms with van der Waals surface area (Å²) in [5.41, 5.74) is 18.1. The lowest BCUT2D eigenvalue weighted by atomic mass is 10.0. The van der Waals surface area contributed by atoms with Crippen LogP contribution in [0.2, 0.25) is 0 Å². The first-order chi connectivity index (χ1) is 20.4. The van der Waals surface area contributed by atoms with Gasteiger partial charge in [-0.25, -0.2) is 9.78 Å². The summed E-state index contributed by atoms with van der Waals surface area (Å²) in [7, 11) is 0. The van der Waals surface area contributed by atoms with Gasteiger partial charge in [0.1, 0.15) is 18.1 Å². The van der Waals surface area contributed by atoms with Gasteiger partial charge in [-0.15, -0.1) is 0 Å². The van der Waals surface area contributed by atoms with Gasteiger partial charge in [-0.2, -0.15) is 0 Å². The fourth-order valence-corrected chi connectivity index (χ4v) is 4.35. The third-order valence-corrected chi connectivity index (χ3v) is 6.68. The zero-order valence-electron chi connectivity index (χ0n) is 23.2. The minimum absolute atomic E-state index is 0.0486. The Morgan fingerprint density at radius 2 is 1.42 bits per heavy atom. The van der Waals surface area contributed by atoms with E-state index in [9.17, 15) is 33.9 Å². The molecule has 0 radical (unpaired) electrons. The summed E-state index contributed by atoms with van der Waals surface area (Å²) in [5.74, 6) is -5.10. The van der Waals surface area contributed by atoms with Crippen LogP contribution in [0.3, 0.4) is 0 Å². The molecule has 4 atom stereocenters. The largest absolute Gasteiger partial charge is 0.480 e. The van der Waals surface area contributed by atoms with Crippen LogP contribution < -0.4 is 33.2 Å². The van der Waals surface area contributed by atoms with Gasteiger partial charge < -0.3 is 48.2 Å². The summed E-state index contributed by atoms with van der Waals surface area (Å²) in [5, 5.41) is 17.9. The number of benzene rings is 1. The number of carbonyl (C=O) groups excluding carboxylic acids is 5. The highest BCUT2D eigenvalue weighted by Gasteiger charge is 2.31. The topological polar surface area (TPSA) is 281 Å². The first-order valence-electron chi connectivity index (χ1n) is 13.4. The number of para-hydroxylation sites is 1. The molecule has 0 spiro atoms. The number of carboxylic acid groups (broad SMARTS) is 1. The van der Waals surface area contributed by atoms with Crippen molar-refractivity contribution in [2.75, 3.05) is 0 Å². The molecule has 43 heavy (non-hydrogen) atoms. The molecule has 16 nitrogen and oxygen atoms in total. The molecule has 0 saturated heterocycles. The number of H-pyrrole nitrogens is 2. The second-order valence-electron chi connectivity index (χ2n) is 9.98. The lowest BCUT2D eigenvalue weighted by Gasteiger charge is -2.25. The van der Waals surface area contributed by atoms with Crippen LogP contribution in [0.1, 0.15) is 36.9 Å². The maximum absolute atomic E-state index is 13.6. The molecule has 16 heteroatoms. The van der Waals surface area contributed by atoms with Gasteiger partial charge in [-0.1, -0.05) is 18.2 Å². The van der Waals surface area contributed by atoms with Crippen molar-refractivity contribution in [3.63, 3.8) is 0 Å². The molecule has 2 aromatic heterocycles. The number of aromatic nitrogens is 3. The van der Waals surface area contributed by atoms with E-state index in [1.807, 2.05) is 18.2 Å². The van der Waals surface area contributed by atoms with E-state index in [0.717, 1.165) is 10.9 Å². The molecule has 4 unspecified atom stereocenters.